The fourth-order valence-electron chi connectivity index (χ4n) is 2.95. The highest BCUT2D eigenvalue weighted by Crippen LogP contribution is 2.11. The van der Waals surface area contributed by atoms with Gasteiger partial charge in [0, 0.05) is 38.6 Å². The Balaban J connectivity index is 1.71. The zero-order valence-corrected chi connectivity index (χ0v) is 13.1. The fraction of sp³-hybridized carbons (Fsp3) is 0.867. The fourth-order valence-corrected chi connectivity index (χ4v) is 2.95. The third kappa shape index (κ3) is 5.28. The first kappa shape index (κ1) is 16.2. The van der Waals surface area contributed by atoms with E-state index < -0.39 is 0 Å². The molecular formula is C15H28N4O2. The number of nitrogens with one attached hydrogen (secondary N) is 2. The Labute approximate surface area is 127 Å². The Morgan fingerprint density at radius 1 is 1.14 bits per heavy atom. The lowest BCUT2D eigenvalue weighted by atomic mass is 10.0. The van der Waals surface area contributed by atoms with E-state index in [4.69, 9.17) is 0 Å². The van der Waals surface area contributed by atoms with Crippen molar-refractivity contribution in [3.05, 3.63) is 0 Å². The number of carbonyl (C=O) groups is 2. The topological polar surface area (TPSA) is 64.7 Å². The van der Waals surface area contributed by atoms with Gasteiger partial charge in [0.15, 0.2) is 0 Å². The van der Waals surface area contributed by atoms with Gasteiger partial charge < -0.3 is 15.5 Å². The molecule has 2 N–H and O–H groups in total. The molecule has 0 spiro atoms. The molecular weight excluding hydrogens is 268 g/mol. The number of piperidine rings is 1. The van der Waals surface area contributed by atoms with Crippen molar-refractivity contribution in [3.8, 4) is 0 Å². The van der Waals surface area contributed by atoms with E-state index in [1.807, 2.05) is 11.8 Å². The van der Waals surface area contributed by atoms with Crippen LogP contribution in [0.3, 0.4) is 0 Å². The number of carbonyl (C=O) groups excluding carboxylic acids is 2. The van der Waals surface area contributed by atoms with Crippen LogP contribution in [0.15, 0.2) is 0 Å². The van der Waals surface area contributed by atoms with Crippen molar-refractivity contribution in [2.45, 2.75) is 38.6 Å². The maximum atomic E-state index is 12.3. The molecule has 2 fully saturated rings. The molecule has 0 bridgehead atoms. The van der Waals surface area contributed by atoms with Crippen LogP contribution >= 0.6 is 0 Å². The molecule has 0 unspecified atom stereocenters. The summed E-state index contributed by atoms with van der Waals surface area (Å²) in [5.74, 6) is 0.342. The Hall–Kier alpha value is -1.14. The Morgan fingerprint density at radius 3 is 2.62 bits per heavy atom. The van der Waals surface area contributed by atoms with Crippen LogP contribution in [0.5, 0.6) is 0 Å². The zero-order valence-electron chi connectivity index (χ0n) is 13.1. The molecule has 6 nitrogen and oxygen atoms in total. The van der Waals surface area contributed by atoms with Crippen LogP contribution in [-0.2, 0) is 9.59 Å². The summed E-state index contributed by atoms with van der Waals surface area (Å²) in [7, 11) is 0. The summed E-state index contributed by atoms with van der Waals surface area (Å²) in [5.41, 5.74) is 0. The molecule has 0 radical (unpaired) electrons. The standard InChI is InChI=1S/C15H28N4O2/c1-2-14(20)17-13-4-9-19(10-5-13)15(21)12-18-8-3-6-16-7-11-18/h13,16H,2-12H2,1H3,(H,17,20). The van der Waals surface area contributed by atoms with Crippen molar-refractivity contribution >= 4 is 11.8 Å². The van der Waals surface area contributed by atoms with Crippen molar-refractivity contribution in [1.82, 2.24) is 20.4 Å². The molecule has 0 saturated carbocycles. The van der Waals surface area contributed by atoms with Crippen LogP contribution < -0.4 is 10.6 Å². The second-order valence-electron chi connectivity index (χ2n) is 5.96. The summed E-state index contributed by atoms with van der Waals surface area (Å²) >= 11 is 0. The van der Waals surface area contributed by atoms with Crippen molar-refractivity contribution < 1.29 is 9.59 Å². The van der Waals surface area contributed by atoms with Gasteiger partial charge in [0.2, 0.25) is 11.8 Å². The summed E-state index contributed by atoms with van der Waals surface area (Å²) in [4.78, 5) is 27.9. The van der Waals surface area contributed by atoms with E-state index >= 15 is 0 Å². The van der Waals surface area contributed by atoms with E-state index in [1.165, 1.54) is 0 Å². The molecule has 2 saturated heterocycles. The molecule has 6 heteroatoms. The highest BCUT2D eigenvalue weighted by Gasteiger charge is 2.24. The SMILES string of the molecule is CCC(=O)NC1CCN(C(=O)CN2CCCNCC2)CC1. The first-order valence-electron chi connectivity index (χ1n) is 8.19. The second-order valence-corrected chi connectivity index (χ2v) is 5.96. The van der Waals surface area contributed by atoms with Gasteiger partial charge in [0.1, 0.15) is 0 Å². The lowest BCUT2D eigenvalue weighted by Gasteiger charge is -2.33. The van der Waals surface area contributed by atoms with Crippen molar-refractivity contribution in [1.29, 1.82) is 0 Å². The molecule has 21 heavy (non-hydrogen) atoms. The summed E-state index contributed by atoms with van der Waals surface area (Å²) in [6.07, 6.45) is 3.39. The van der Waals surface area contributed by atoms with Crippen LogP contribution in [0.1, 0.15) is 32.6 Å². The van der Waals surface area contributed by atoms with Gasteiger partial charge in [-0.1, -0.05) is 6.92 Å². The van der Waals surface area contributed by atoms with E-state index in [0.29, 0.717) is 13.0 Å². The Bertz CT molecular complexity index is 346. The second kappa shape index (κ2) is 8.34. The van der Waals surface area contributed by atoms with Crippen LogP contribution in [0, 0.1) is 0 Å². The van der Waals surface area contributed by atoms with Crippen LogP contribution in [-0.4, -0.2) is 73.5 Å². The maximum absolute atomic E-state index is 12.3. The predicted octanol–water partition coefficient (Wildman–Crippen LogP) is -0.201. The molecule has 2 aliphatic rings. The van der Waals surface area contributed by atoms with E-state index in [1.54, 1.807) is 0 Å². The molecule has 2 rings (SSSR count). The van der Waals surface area contributed by atoms with Crippen molar-refractivity contribution in [2.75, 3.05) is 45.8 Å². The van der Waals surface area contributed by atoms with Gasteiger partial charge in [-0.2, -0.15) is 0 Å². The molecule has 0 aliphatic carbocycles. The number of hydrogen-bond donors (Lipinski definition) is 2. The molecule has 0 atom stereocenters. The summed E-state index contributed by atoms with van der Waals surface area (Å²) in [6.45, 7) is 7.90. The van der Waals surface area contributed by atoms with Crippen molar-refractivity contribution in [2.24, 2.45) is 0 Å². The van der Waals surface area contributed by atoms with Crippen molar-refractivity contribution in [3.63, 3.8) is 0 Å². The lowest BCUT2D eigenvalue weighted by Crippen LogP contribution is -2.49. The number of amides is 2. The Morgan fingerprint density at radius 2 is 1.90 bits per heavy atom. The third-order valence-corrected chi connectivity index (χ3v) is 4.33. The monoisotopic (exact) mass is 296 g/mol. The molecule has 2 aliphatic heterocycles. The molecule has 120 valence electrons. The molecule has 0 aromatic carbocycles. The first-order chi connectivity index (χ1) is 10.2. The zero-order chi connectivity index (χ0) is 15.1. The third-order valence-electron chi connectivity index (χ3n) is 4.33. The maximum Gasteiger partial charge on any atom is 0.236 e. The predicted molar refractivity (Wildman–Crippen MR) is 82.0 cm³/mol. The normalized spacial score (nSPS) is 21.9. The average Bonchev–Trinajstić information content (AvgIpc) is 2.76. The first-order valence-corrected chi connectivity index (χ1v) is 8.19. The van der Waals surface area contributed by atoms with Gasteiger partial charge in [0.05, 0.1) is 6.54 Å². The number of likely N-dealkylation sites (tertiary alicyclic amines) is 1. The molecule has 2 amide bonds. The summed E-state index contributed by atoms with van der Waals surface area (Å²) in [5, 5.41) is 6.37. The van der Waals surface area contributed by atoms with Crippen LogP contribution in [0.4, 0.5) is 0 Å². The van der Waals surface area contributed by atoms with E-state index in [-0.39, 0.29) is 17.9 Å². The highest BCUT2D eigenvalue weighted by molar-refractivity contribution is 5.78. The minimum absolute atomic E-state index is 0.108. The van der Waals surface area contributed by atoms with E-state index in [9.17, 15) is 9.59 Å². The van der Waals surface area contributed by atoms with Gasteiger partial charge in [0.25, 0.3) is 0 Å². The summed E-state index contributed by atoms with van der Waals surface area (Å²) < 4.78 is 0. The molecule has 0 aromatic rings. The molecule has 0 aromatic heterocycles. The van der Waals surface area contributed by atoms with Gasteiger partial charge >= 0.3 is 0 Å². The van der Waals surface area contributed by atoms with Gasteiger partial charge in [-0.3, -0.25) is 14.5 Å². The minimum Gasteiger partial charge on any atom is -0.353 e. The average molecular weight is 296 g/mol. The van der Waals surface area contributed by atoms with E-state index in [0.717, 1.165) is 58.5 Å². The largest absolute Gasteiger partial charge is 0.353 e. The van der Waals surface area contributed by atoms with Gasteiger partial charge in [-0.25, -0.2) is 0 Å². The lowest BCUT2D eigenvalue weighted by molar-refractivity contribution is -0.133. The van der Waals surface area contributed by atoms with Gasteiger partial charge in [-0.05, 0) is 32.4 Å². The Kier molecular flexibility index (Phi) is 6.45. The number of nitrogens with zero attached hydrogens (tertiary/aromatic N) is 2. The highest BCUT2D eigenvalue weighted by atomic mass is 16.2. The molecule has 2 heterocycles. The quantitative estimate of drug-likeness (QED) is 0.754. The number of rotatable bonds is 4. The minimum atomic E-state index is 0.108. The van der Waals surface area contributed by atoms with Gasteiger partial charge in [-0.15, -0.1) is 0 Å². The smallest absolute Gasteiger partial charge is 0.236 e. The van der Waals surface area contributed by atoms with E-state index in [2.05, 4.69) is 15.5 Å². The van der Waals surface area contributed by atoms with Crippen LogP contribution in [0.25, 0.3) is 0 Å². The number of hydrogen-bond acceptors (Lipinski definition) is 4. The van der Waals surface area contributed by atoms with Crippen LogP contribution in [0.2, 0.25) is 0 Å². The summed E-state index contributed by atoms with van der Waals surface area (Å²) in [6, 6.07) is 0.240.